The largest absolute Gasteiger partial charge is 1.00 e. The fraction of sp³-hybridized carbons (Fsp3) is 0.750. The third kappa shape index (κ3) is 32.5. The summed E-state index contributed by atoms with van der Waals surface area (Å²) in [5.74, 6) is -1.67. The van der Waals surface area contributed by atoms with E-state index in [0.717, 1.165) is 6.42 Å². The van der Waals surface area contributed by atoms with Crippen LogP contribution in [-0.2, 0) is 9.59 Å². The minimum absolute atomic E-state index is 0. The van der Waals surface area contributed by atoms with Crippen LogP contribution in [0.1, 0.15) is 39.5 Å². The van der Waals surface area contributed by atoms with Gasteiger partial charge in [-0.1, -0.05) is 20.3 Å². The summed E-state index contributed by atoms with van der Waals surface area (Å²) in [6, 6.07) is 0. The number of carbonyl (C=O) groups excluding carboxylic acids is 1. The Morgan fingerprint density at radius 3 is 1.54 bits per heavy atom. The van der Waals surface area contributed by atoms with Crippen molar-refractivity contribution in [2.24, 2.45) is 0 Å². The Bertz CT molecular complexity index is 120. The van der Waals surface area contributed by atoms with Crippen molar-refractivity contribution in [1.29, 1.82) is 0 Å². The van der Waals surface area contributed by atoms with E-state index in [0.29, 0.717) is 12.8 Å². The van der Waals surface area contributed by atoms with E-state index in [9.17, 15) is 14.7 Å². The minimum Gasteiger partial charge on any atom is -0.550 e. The molecule has 0 saturated carbocycles. The summed E-state index contributed by atoms with van der Waals surface area (Å²) in [7, 11) is 0. The van der Waals surface area contributed by atoms with Crippen molar-refractivity contribution in [3.05, 3.63) is 0 Å². The first-order valence-corrected chi connectivity index (χ1v) is 3.96. The predicted molar refractivity (Wildman–Crippen MR) is 42.5 cm³/mol. The van der Waals surface area contributed by atoms with Gasteiger partial charge in [-0.25, -0.2) is 0 Å². The van der Waals surface area contributed by atoms with Crippen molar-refractivity contribution in [3.8, 4) is 0 Å². The molecule has 4 nitrogen and oxygen atoms in total. The smallest absolute Gasteiger partial charge is 0.550 e. The molecule has 0 amide bonds. The fourth-order valence-electron chi connectivity index (χ4n) is 0.418. The summed E-state index contributed by atoms with van der Waals surface area (Å²) in [6.07, 6.45) is 1.87. The first kappa shape index (κ1) is 19.2. The number of hydrogen-bond donors (Lipinski definition) is 1. The number of carboxylic acids is 2. The molecule has 0 heterocycles. The SMILES string of the molecule is CCCC(=O)O.CCCC(=O)[O-].[K+]. The van der Waals surface area contributed by atoms with Crippen molar-refractivity contribution < 1.29 is 71.2 Å². The fourth-order valence-corrected chi connectivity index (χ4v) is 0.418. The van der Waals surface area contributed by atoms with Gasteiger partial charge >= 0.3 is 57.4 Å². The third-order valence-electron chi connectivity index (χ3n) is 0.918. The van der Waals surface area contributed by atoms with E-state index in [1.165, 1.54) is 0 Å². The van der Waals surface area contributed by atoms with E-state index in [-0.39, 0.29) is 57.8 Å². The van der Waals surface area contributed by atoms with Gasteiger partial charge in [-0.05, 0) is 12.8 Å². The maximum atomic E-state index is 9.60. The number of aliphatic carboxylic acids is 2. The van der Waals surface area contributed by atoms with Crippen LogP contribution in [0.3, 0.4) is 0 Å². The third-order valence-corrected chi connectivity index (χ3v) is 0.918. The Kier molecular flexibility index (Phi) is 22.2. The predicted octanol–water partition coefficient (Wildman–Crippen LogP) is -2.59. The minimum atomic E-state index is -0.961. The molecular formula is C8H15KO4. The Morgan fingerprint density at radius 2 is 1.54 bits per heavy atom. The van der Waals surface area contributed by atoms with Crippen LogP contribution in [0, 0.1) is 0 Å². The van der Waals surface area contributed by atoms with Gasteiger partial charge in [-0.3, -0.25) is 4.79 Å². The quantitative estimate of drug-likeness (QED) is 0.521. The molecule has 0 radical (unpaired) electrons. The average molecular weight is 214 g/mol. The zero-order valence-electron chi connectivity index (χ0n) is 8.50. The molecule has 0 aromatic heterocycles. The molecule has 5 heteroatoms. The number of carboxylic acid groups (broad SMARTS) is 2. The van der Waals surface area contributed by atoms with Crippen LogP contribution in [-0.4, -0.2) is 17.0 Å². The Hall–Kier alpha value is 0.576. The molecule has 0 aromatic rings. The molecule has 0 fully saturated rings. The van der Waals surface area contributed by atoms with E-state index in [4.69, 9.17) is 5.11 Å². The molecule has 0 saturated heterocycles. The summed E-state index contributed by atoms with van der Waals surface area (Å²) >= 11 is 0. The van der Waals surface area contributed by atoms with E-state index in [1.807, 2.05) is 6.92 Å². The molecule has 0 aliphatic rings. The molecule has 0 aliphatic heterocycles. The van der Waals surface area contributed by atoms with Gasteiger partial charge in [0.2, 0.25) is 0 Å². The summed E-state index contributed by atoms with van der Waals surface area (Å²) < 4.78 is 0. The molecular weight excluding hydrogens is 199 g/mol. The van der Waals surface area contributed by atoms with Gasteiger partial charge in [0, 0.05) is 12.4 Å². The van der Waals surface area contributed by atoms with Crippen LogP contribution in [0.15, 0.2) is 0 Å². The van der Waals surface area contributed by atoms with Gasteiger partial charge in [-0.15, -0.1) is 0 Å². The van der Waals surface area contributed by atoms with Gasteiger partial charge in [0.15, 0.2) is 0 Å². The molecule has 13 heavy (non-hydrogen) atoms. The molecule has 0 unspecified atom stereocenters. The van der Waals surface area contributed by atoms with Crippen LogP contribution >= 0.6 is 0 Å². The van der Waals surface area contributed by atoms with Gasteiger partial charge in [-0.2, -0.15) is 0 Å². The Balaban J connectivity index is -0.000000143. The van der Waals surface area contributed by atoms with E-state index in [1.54, 1.807) is 6.92 Å². The normalized spacial score (nSPS) is 7.54. The maximum Gasteiger partial charge on any atom is 1.00 e. The summed E-state index contributed by atoms with van der Waals surface area (Å²) in [4.78, 5) is 19.1. The molecule has 0 spiro atoms. The van der Waals surface area contributed by atoms with Crippen molar-refractivity contribution >= 4 is 11.9 Å². The second-order valence-electron chi connectivity index (χ2n) is 2.27. The van der Waals surface area contributed by atoms with Crippen LogP contribution in [0.25, 0.3) is 0 Å². The first-order valence-electron chi connectivity index (χ1n) is 3.96. The van der Waals surface area contributed by atoms with Crippen molar-refractivity contribution in [2.45, 2.75) is 39.5 Å². The molecule has 0 aliphatic carbocycles. The zero-order chi connectivity index (χ0) is 9.98. The summed E-state index contributed by atoms with van der Waals surface area (Å²) in [5, 5.41) is 17.4. The second-order valence-corrected chi connectivity index (χ2v) is 2.27. The molecule has 72 valence electrons. The molecule has 0 atom stereocenters. The Labute approximate surface area is 121 Å². The summed E-state index contributed by atoms with van der Waals surface area (Å²) in [6.45, 7) is 3.64. The van der Waals surface area contributed by atoms with Gasteiger partial charge < -0.3 is 15.0 Å². The number of hydrogen-bond acceptors (Lipinski definition) is 3. The Morgan fingerprint density at radius 1 is 1.15 bits per heavy atom. The first-order chi connectivity index (χ1) is 5.54. The molecule has 0 bridgehead atoms. The number of carbonyl (C=O) groups is 2. The van der Waals surface area contributed by atoms with E-state index in [2.05, 4.69) is 0 Å². The number of rotatable bonds is 4. The van der Waals surface area contributed by atoms with Crippen molar-refractivity contribution in [1.82, 2.24) is 0 Å². The van der Waals surface area contributed by atoms with Gasteiger partial charge in [0.1, 0.15) is 0 Å². The molecule has 0 aromatic carbocycles. The monoisotopic (exact) mass is 214 g/mol. The van der Waals surface area contributed by atoms with Gasteiger partial charge in [0.05, 0.1) is 0 Å². The van der Waals surface area contributed by atoms with Gasteiger partial charge in [0.25, 0.3) is 0 Å². The van der Waals surface area contributed by atoms with Crippen molar-refractivity contribution in [3.63, 3.8) is 0 Å². The van der Waals surface area contributed by atoms with Crippen LogP contribution in [0.2, 0.25) is 0 Å². The maximum absolute atomic E-state index is 9.60. The average Bonchev–Trinajstić information content (AvgIpc) is 1.87. The molecule has 1 N–H and O–H groups in total. The van der Waals surface area contributed by atoms with E-state index < -0.39 is 11.9 Å². The van der Waals surface area contributed by atoms with Crippen molar-refractivity contribution in [2.75, 3.05) is 0 Å². The standard InChI is InChI=1S/2C4H8O2.K/c2*1-2-3-4(5)6;/h2*2-3H2,1H3,(H,5,6);/q;;+1/p-1. The molecule has 0 rings (SSSR count). The van der Waals surface area contributed by atoms with Crippen LogP contribution < -0.4 is 56.5 Å². The van der Waals surface area contributed by atoms with E-state index >= 15 is 0 Å². The zero-order valence-corrected chi connectivity index (χ0v) is 11.6. The topological polar surface area (TPSA) is 77.4 Å². The summed E-state index contributed by atoms with van der Waals surface area (Å²) in [5.41, 5.74) is 0. The second kappa shape index (κ2) is 15.1. The van der Waals surface area contributed by atoms with Crippen LogP contribution in [0.4, 0.5) is 0 Å². The van der Waals surface area contributed by atoms with Crippen LogP contribution in [0.5, 0.6) is 0 Å².